The summed E-state index contributed by atoms with van der Waals surface area (Å²) in [5, 5.41) is 15.0. The monoisotopic (exact) mass is 426 g/mol. The van der Waals surface area contributed by atoms with Crippen LogP contribution in [0.5, 0.6) is 0 Å². The molecule has 0 bridgehead atoms. The summed E-state index contributed by atoms with van der Waals surface area (Å²) in [5.74, 6) is -0.206. The number of aryl methyl sites for hydroxylation is 1. The molecule has 2 aromatic carbocycles. The Bertz CT molecular complexity index is 1240. The molecule has 0 fully saturated rings. The Balaban J connectivity index is 1.64. The molecule has 0 aliphatic heterocycles. The summed E-state index contributed by atoms with van der Waals surface area (Å²) >= 11 is 0. The van der Waals surface area contributed by atoms with Crippen LogP contribution in [0.2, 0.25) is 0 Å². The van der Waals surface area contributed by atoms with E-state index in [1.807, 2.05) is 6.07 Å². The number of carbonyl (C=O) groups is 1. The van der Waals surface area contributed by atoms with E-state index < -0.39 is 11.9 Å². The maximum atomic E-state index is 13.3. The second-order valence-electron chi connectivity index (χ2n) is 6.87. The zero-order valence-electron chi connectivity index (χ0n) is 16.6. The highest BCUT2D eigenvalue weighted by Gasteiger charge is 2.35. The van der Waals surface area contributed by atoms with Gasteiger partial charge in [0.05, 0.1) is 29.0 Å². The van der Waals surface area contributed by atoms with Crippen molar-refractivity contribution in [2.24, 2.45) is 0 Å². The third-order valence-corrected chi connectivity index (χ3v) is 4.49. The van der Waals surface area contributed by atoms with Crippen LogP contribution in [0.3, 0.4) is 0 Å². The first kappa shape index (κ1) is 20.3. The first-order valence-corrected chi connectivity index (χ1v) is 9.26. The molecular formula is C21H17F3N6O. The van der Waals surface area contributed by atoms with E-state index in [2.05, 4.69) is 20.7 Å². The van der Waals surface area contributed by atoms with Gasteiger partial charge < -0.3 is 5.32 Å². The third-order valence-electron chi connectivity index (χ3n) is 4.49. The number of rotatable bonds is 4. The molecule has 0 aliphatic carbocycles. The largest absolute Gasteiger partial charge is 0.433 e. The lowest BCUT2D eigenvalue weighted by atomic mass is 10.1. The van der Waals surface area contributed by atoms with Gasteiger partial charge in [0.15, 0.2) is 0 Å². The van der Waals surface area contributed by atoms with Gasteiger partial charge in [0.25, 0.3) is 0 Å². The van der Waals surface area contributed by atoms with Gasteiger partial charge in [-0.15, -0.1) is 5.10 Å². The van der Waals surface area contributed by atoms with Crippen molar-refractivity contribution in [2.75, 3.05) is 5.32 Å². The lowest BCUT2D eigenvalue weighted by Gasteiger charge is -2.10. The van der Waals surface area contributed by atoms with Gasteiger partial charge in [-0.1, -0.05) is 23.4 Å². The van der Waals surface area contributed by atoms with Crippen molar-refractivity contribution >= 4 is 11.6 Å². The first-order valence-electron chi connectivity index (χ1n) is 9.26. The minimum absolute atomic E-state index is 0.206. The number of para-hydroxylation sites is 1. The number of aromatic nitrogens is 5. The molecule has 0 atom stereocenters. The number of nitrogens with one attached hydrogen (secondary N) is 1. The lowest BCUT2D eigenvalue weighted by molar-refractivity contribution is -0.142. The average molecular weight is 426 g/mol. The molecule has 4 rings (SSSR count). The zero-order valence-corrected chi connectivity index (χ0v) is 16.6. The van der Waals surface area contributed by atoms with Gasteiger partial charge in [0.2, 0.25) is 5.91 Å². The van der Waals surface area contributed by atoms with Crippen LogP contribution in [0.1, 0.15) is 18.3 Å². The predicted molar refractivity (Wildman–Crippen MR) is 108 cm³/mol. The minimum atomic E-state index is -4.51. The fourth-order valence-corrected chi connectivity index (χ4v) is 3.16. The summed E-state index contributed by atoms with van der Waals surface area (Å²) in [4.78, 5) is 11.4. The summed E-state index contributed by atoms with van der Waals surface area (Å²) < 4.78 is 42.1. The fraction of sp³-hybridized carbons (Fsp3) is 0.143. The van der Waals surface area contributed by atoms with Crippen molar-refractivity contribution in [3.8, 4) is 22.6 Å². The molecule has 1 amide bonds. The number of alkyl halides is 3. The maximum Gasteiger partial charge on any atom is 0.433 e. The highest BCUT2D eigenvalue weighted by atomic mass is 19.4. The van der Waals surface area contributed by atoms with Crippen molar-refractivity contribution < 1.29 is 18.0 Å². The van der Waals surface area contributed by atoms with Crippen molar-refractivity contribution in [1.29, 1.82) is 0 Å². The number of amides is 1. The summed E-state index contributed by atoms with van der Waals surface area (Å²) in [6.45, 7) is 2.93. The van der Waals surface area contributed by atoms with E-state index >= 15 is 0 Å². The van der Waals surface area contributed by atoms with Crippen molar-refractivity contribution in [3.05, 3.63) is 72.2 Å². The molecule has 0 saturated heterocycles. The fourth-order valence-electron chi connectivity index (χ4n) is 3.16. The van der Waals surface area contributed by atoms with Crippen LogP contribution in [0.25, 0.3) is 22.6 Å². The van der Waals surface area contributed by atoms with Crippen molar-refractivity contribution in [2.45, 2.75) is 20.0 Å². The minimum Gasteiger partial charge on any atom is -0.326 e. The quantitative estimate of drug-likeness (QED) is 0.525. The Kier molecular flexibility index (Phi) is 5.05. The second-order valence-corrected chi connectivity index (χ2v) is 6.87. The van der Waals surface area contributed by atoms with Crippen LogP contribution < -0.4 is 5.32 Å². The SMILES string of the molecule is CC(=O)Nc1ccccc1-c1cn(-c2ccc(-n3nc(C)cc3C(F)(F)F)cc2)nn1. The molecule has 10 heteroatoms. The maximum absolute atomic E-state index is 13.3. The van der Waals surface area contributed by atoms with E-state index in [-0.39, 0.29) is 17.3 Å². The van der Waals surface area contributed by atoms with Crippen LogP contribution >= 0.6 is 0 Å². The van der Waals surface area contributed by atoms with E-state index in [4.69, 9.17) is 0 Å². The van der Waals surface area contributed by atoms with Gasteiger partial charge in [0.1, 0.15) is 11.4 Å². The zero-order chi connectivity index (χ0) is 22.2. The lowest BCUT2D eigenvalue weighted by Crippen LogP contribution is -2.13. The van der Waals surface area contributed by atoms with Gasteiger partial charge in [-0.05, 0) is 43.3 Å². The number of hydrogen-bond acceptors (Lipinski definition) is 4. The normalized spacial score (nSPS) is 11.5. The Morgan fingerprint density at radius 2 is 1.71 bits per heavy atom. The van der Waals surface area contributed by atoms with Crippen LogP contribution in [-0.4, -0.2) is 30.7 Å². The van der Waals surface area contributed by atoms with Crippen LogP contribution in [0, 0.1) is 6.92 Å². The third kappa shape index (κ3) is 4.18. The Hall–Kier alpha value is -3.95. The van der Waals surface area contributed by atoms with Crippen LogP contribution in [-0.2, 0) is 11.0 Å². The highest BCUT2D eigenvalue weighted by molar-refractivity contribution is 5.93. The second kappa shape index (κ2) is 7.71. The molecule has 2 aromatic heterocycles. The topological polar surface area (TPSA) is 77.6 Å². The summed E-state index contributed by atoms with van der Waals surface area (Å²) in [6, 6.07) is 14.5. The summed E-state index contributed by atoms with van der Waals surface area (Å²) in [5.41, 5.74) is 2.16. The number of hydrogen-bond donors (Lipinski definition) is 1. The molecule has 0 aliphatic rings. The molecule has 2 heterocycles. The number of benzene rings is 2. The smallest absolute Gasteiger partial charge is 0.326 e. The molecule has 0 spiro atoms. The molecule has 7 nitrogen and oxygen atoms in total. The summed E-state index contributed by atoms with van der Waals surface area (Å²) in [6.07, 6.45) is -2.84. The molecular weight excluding hydrogens is 409 g/mol. The Morgan fingerprint density at radius 1 is 1.03 bits per heavy atom. The van der Waals surface area contributed by atoms with Crippen molar-refractivity contribution in [3.63, 3.8) is 0 Å². The number of anilines is 1. The van der Waals surface area contributed by atoms with Crippen molar-refractivity contribution in [1.82, 2.24) is 24.8 Å². The van der Waals surface area contributed by atoms with E-state index in [1.165, 1.54) is 30.7 Å². The predicted octanol–water partition coefficient (Wildman–Crippen LogP) is 4.41. The molecule has 31 heavy (non-hydrogen) atoms. The molecule has 0 saturated carbocycles. The standard InChI is InChI=1S/C21H17F3N6O/c1-13-11-20(21(22,23)24)30(27-13)16-9-7-15(8-10-16)29-12-19(26-28-29)17-5-3-4-6-18(17)25-14(2)31/h3-12H,1-2H3,(H,25,31). The summed E-state index contributed by atoms with van der Waals surface area (Å²) in [7, 11) is 0. The number of nitrogens with zero attached hydrogens (tertiary/aromatic N) is 5. The first-order chi connectivity index (χ1) is 14.7. The molecule has 1 N–H and O–H groups in total. The molecule has 0 radical (unpaired) electrons. The van der Waals surface area contributed by atoms with Gasteiger partial charge in [-0.25, -0.2) is 9.36 Å². The van der Waals surface area contributed by atoms with Crippen LogP contribution in [0.4, 0.5) is 18.9 Å². The van der Waals surface area contributed by atoms with E-state index in [0.717, 1.165) is 10.7 Å². The van der Waals surface area contributed by atoms with Gasteiger partial charge in [-0.2, -0.15) is 18.3 Å². The molecule has 0 unspecified atom stereocenters. The number of halogens is 3. The molecule has 158 valence electrons. The van der Waals surface area contributed by atoms with E-state index in [9.17, 15) is 18.0 Å². The molecule has 4 aromatic rings. The Morgan fingerprint density at radius 3 is 2.39 bits per heavy atom. The van der Waals surface area contributed by atoms with Crippen LogP contribution in [0.15, 0.2) is 60.8 Å². The number of carbonyl (C=O) groups excluding carboxylic acids is 1. The highest BCUT2D eigenvalue weighted by Crippen LogP contribution is 2.32. The van der Waals surface area contributed by atoms with Gasteiger partial charge in [0, 0.05) is 12.5 Å². The van der Waals surface area contributed by atoms with E-state index in [0.29, 0.717) is 22.6 Å². The van der Waals surface area contributed by atoms with E-state index in [1.54, 1.807) is 36.5 Å². The Labute approximate surface area is 175 Å². The van der Waals surface area contributed by atoms with Gasteiger partial charge >= 0.3 is 6.18 Å². The van der Waals surface area contributed by atoms with Gasteiger partial charge in [-0.3, -0.25) is 4.79 Å². The average Bonchev–Trinajstić information content (AvgIpc) is 3.35.